The van der Waals surface area contributed by atoms with Crippen molar-refractivity contribution in [1.82, 2.24) is 15.3 Å². The topological polar surface area (TPSA) is 47.0 Å². The summed E-state index contributed by atoms with van der Waals surface area (Å²) < 4.78 is 5.51. The van der Waals surface area contributed by atoms with E-state index in [2.05, 4.69) is 29.1 Å². The van der Waals surface area contributed by atoms with Crippen LogP contribution >= 0.6 is 0 Å². The van der Waals surface area contributed by atoms with E-state index in [-0.39, 0.29) is 0 Å². The molecule has 0 aliphatic heterocycles. The molecular formula is C13H23N3O. The van der Waals surface area contributed by atoms with E-state index in [1.165, 1.54) is 0 Å². The van der Waals surface area contributed by atoms with Crippen molar-refractivity contribution in [2.75, 3.05) is 19.8 Å². The van der Waals surface area contributed by atoms with Crippen molar-refractivity contribution >= 4 is 0 Å². The second-order valence-electron chi connectivity index (χ2n) is 4.57. The number of nitrogens with zero attached hydrogens (tertiary/aromatic N) is 2. The third-order valence-corrected chi connectivity index (χ3v) is 2.40. The summed E-state index contributed by atoms with van der Waals surface area (Å²) in [5.41, 5.74) is 1.03. The Hall–Kier alpha value is -1.00. The summed E-state index contributed by atoms with van der Waals surface area (Å²) in [6.07, 6.45) is 2.92. The Kier molecular flexibility index (Phi) is 6.74. The number of aryl methyl sites for hydroxylation is 1. The zero-order valence-electron chi connectivity index (χ0n) is 11.1. The number of hydrogen-bond acceptors (Lipinski definition) is 4. The van der Waals surface area contributed by atoms with E-state index in [0.29, 0.717) is 5.92 Å². The minimum Gasteiger partial charge on any atom is -0.380 e. The summed E-state index contributed by atoms with van der Waals surface area (Å²) in [7, 11) is 0. The third kappa shape index (κ3) is 7.02. The maximum Gasteiger partial charge on any atom is 0.125 e. The lowest BCUT2D eigenvalue weighted by atomic mass is 10.1. The monoisotopic (exact) mass is 237 g/mol. The molecule has 0 unspecified atom stereocenters. The molecule has 0 radical (unpaired) electrons. The van der Waals surface area contributed by atoms with E-state index in [1.807, 2.05) is 13.0 Å². The van der Waals surface area contributed by atoms with Crippen LogP contribution in [0.5, 0.6) is 0 Å². The van der Waals surface area contributed by atoms with Crippen LogP contribution in [-0.2, 0) is 11.3 Å². The Balaban J connectivity index is 2.01. The summed E-state index contributed by atoms with van der Waals surface area (Å²) in [6, 6.07) is 1.93. The molecular weight excluding hydrogens is 214 g/mol. The van der Waals surface area contributed by atoms with Crippen LogP contribution in [0.2, 0.25) is 0 Å². The Morgan fingerprint density at radius 1 is 1.35 bits per heavy atom. The first kappa shape index (κ1) is 14.1. The smallest absolute Gasteiger partial charge is 0.125 e. The van der Waals surface area contributed by atoms with Gasteiger partial charge in [0.25, 0.3) is 0 Å². The Bertz CT molecular complexity index is 315. The third-order valence-electron chi connectivity index (χ3n) is 2.40. The quantitative estimate of drug-likeness (QED) is 0.702. The zero-order valence-corrected chi connectivity index (χ0v) is 11.1. The van der Waals surface area contributed by atoms with Gasteiger partial charge in [-0.15, -0.1) is 0 Å². The molecule has 4 nitrogen and oxygen atoms in total. The largest absolute Gasteiger partial charge is 0.380 e. The number of rotatable bonds is 8. The van der Waals surface area contributed by atoms with Crippen molar-refractivity contribution in [3.63, 3.8) is 0 Å². The van der Waals surface area contributed by atoms with Crippen molar-refractivity contribution in [3.8, 4) is 0 Å². The molecule has 4 heteroatoms. The SMILES string of the molecule is Cc1nccc(CNCCOCCC(C)C)n1. The molecule has 0 amide bonds. The van der Waals surface area contributed by atoms with Crippen LogP contribution in [0.25, 0.3) is 0 Å². The van der Waals surface area contributed by atoms with Gasteiger partial charge in [0.05, 0.1) is 12.3 Å². The van der Waals surface area contributed by atoms with Gasteiger partial charge in [0.15, 0.2) is 0 Å². The lowest BCUT2D eigenvalue weighted by Crippen LogP contribution is -2.20. The molecule has 1 N–H and O–H groups in total. The highest BCUT2D eigenvalue weighted by Crippen LogP contribution is 1.98. The first-order valence-electron chi connectivity index (χ1n) is 6.25. The standard InChI is InChI=1S/C13H23N3O/c1-11(2)5-8-17-9-7-14-10-13-4-6-15-12(3)16-13/h4,6,11,14H,5,7-10H2,1-3H3. The second kappa shape index (κ2) is 8.14. The van der Waals surface area contributed by atoms with Crippen molar-refractivity contribution in [1.29, 1.82) is 0 Å². The molecule has 0 aliphatic carbocycles. The Morgan fingerprint density at radius 3 is 2.88 bits per heavy atom. The second-order valence-corrected chi connectivity index (χ2v) is 4.57. The number of hydrogen-bond donors (Lipinski definition) is 1. The highest BCUT2D eigenvalue weighted by atomic mass is 16.5. The number of ether oxygens (including phenoxy) is 1. The fourth-order valence-electron chi connectivity index (χ4n) is 1.39. The Labute approximate surface area is 104 Å². The first-order chi connectivity index (χ1) is 8.18. The molecule has 96 valence electrons. The minimum absolute atomic E-state index is 0.715. The fourth-order valence-corrected chi connectivity index (χ4v) is 1.39. The van der Waals surface area contributed by atoms with Gasteiger partial charge in [-0.3, -0.25) is 0 Å². The summed E-state index contributed by atoms with van der Waals surface area (Å²) in [5, 5.41) is 3.30. The van der Waals surface area contributed by atoms with Crippen molar-refractivity contribution in [2.45, 2.75) is 33.7 Å². The highest BCUT2D eigenvalue weighted by Gasteiger charge is 1.96. The molecule has 17 heavy (non-hydrogen) atoms. The zero-order chi connectivity index (χ0) is 12.5. The first-order valence-corrected chi connectivity index (χ1v) is 6.25. The average Bonchev–Trinajstić information content (AvgIpc) is 2.27. The van der Waals surface area contributed by atoms with E-state index >= 15 is 0 Å². The van der Waals surface area contributed by atoms with Crippen LogP contribution in [0.15, 0.2) is 12.3 Å². The van der Waals surface area contributed by atoms with Crippen LogP contribution in [0.4, 0.5) is 0 Å². The number of nitrogens with one attached hydrogen (secondary N) is 1. The van der Waals surface area contributed by atoms with Gasteiger partial charge < -0.3 is 10.1 Å². The molecule has 0 bridgehead atoms. The molecule has 0 aliphatic rings. The summed E-state index contributed by atoms with van der Waals surface area (Å²) in [4.78, 5) is 8.38. The van der Waals surface area contributed by atoms with Crippen LogP contribution in [0.1, 0.15) is 31.8 Å². The van der Waals surface area contributed by atoms with E-state index < -0.39 is 0 Å². The lowest BCUT2D eigenvalue weighted by molar-refractivity contribution is 0.125. The van der Waals surface area contributed by atoms with E-state index in [1.54, 1.807) is 6.20 Å². The Morgan fingerprint density at radius 2 is 2.18 bits per heavy atom. The maximum absolute atomic E-state index is 5.51. The van der Waals surface area contributed by atoms with Crippen molar-refractivity contribution in [2.24, 2.45) is 5.92 Å². The highest BCUT2D eigenvalue weighted by molar-refractivity contribution is 5.00. The van der Waals surface area contributed by atoms with Gasteiger partial charge in [-0.1, -0.05) is 13.8 Å². The molecule has 1 aromatic rings. The summed E-state index contributed by atoms with van der Waals surface area (Å²) in [6.45, 7) is 9.57. The van der Waals surface area contributed by atoms with Gasteiger partial charge in [-0.25, -0.2) is 9.97 Å². The predicted octanol–water partition coefficient (Wildman–Crippen LogP) is 1.94. The van der Waals surface area contributed by atoms with Crippen LogP contribution in [0.3, 0.4) is 0 Å². The molecule has 0 saturated carbocycles. The molecule has 1 aromatic heterocycles. The van der Waals surface area contributed by atoms with Gasteiger partial charge in [0.2, 0.25) is 0 Å². The van der Waals surface area contributed by atoms with Gasteiger partial charge in [-0.05, 0) is 25.3 Å². The predicted molar refractivity (Wildman–Crippen MR) is 68.7 cm³/mol. The summed E-state index contributed by atoms with van der Waals surface area (Å²) >= 11 is 0. The van der Waals surface area contributed by atoms with Crippen molar-refractivity contribution in [3.05, 3.63) is 23.8 Å². The van der Waals surface area contributed by atoms with Gasteiger partial charge in [0, 0.05) is 25.9 Å². The van der Waals surface area contributed by atoms with Crippen molar-refractivity contribution < 1.29 is 4.74 Å². The molecule has 0 fully saturated rings. The average molecular weight is 237 g/mol. The van der Waals surface area contributed by atoms with E-state index in [4.69, 9.17) is 4.74 Å². The molecule has 1 rings (SSSR count). The summed E-state index contributed by atoms with van der Waals surface area (Å²) in [5.74, 6) is 1.53. The van der Waals surface area contributed by atoms with Crippen LogP contribution in [-0.4, -0.2) is 29.7 Å². The van der Waals surface area contributed by atoms with Crippen LogP contribution in [0, 0.1) is 12.8 Å². The van der Waals surface area contributed by atoms with E-state index in [9.17, 15) is 0 Å². The van der Waals surface area contributed by atoms with Crippen LogP contribution < -0.4 is 5.32 Å². The fraction of sp³-hybridized carbons (Fsp3) is 0.692. The maximum atomic E-state index is 5.51. The molecule has 1 heterocycles. The molecule has 0 spiro atoms. The molecule has 0 saturated heterocycles. The molecule has 0 atom stereocenters. The normalized spacial score (nSPS) is 11.1. The molecule has 0 aromatic carbocycles. The lowest BCUT2D eigenvalue weighted by Gasteiger charge is -2.07. The van der Waals surface area contributed by atoms with Gasteiger partial charge >= 0.3 is 0 Å². The van der Waals surface area contributed by atoms with Gasteiger partial charge in [-0.2, -0.15) is 0 Å². The van der Waals surface area contributed by atoms with Gasteiger partial charge in [0.1, 0.15) is 5.82 Å². The number of aromatic nitrogens is 2. The van der Waals surface area contributed by atoms with E-state index in [0.717, 1.165) is 44.2 Å². The minimum atomic E-state index is 0.715.